The summed E-state index contributed by atoms with van der Waals surface area (Å²) in [5.74, 6) is -0.892. The van der Waals surface area contributed by atoms with Gasteiger partial charge in [0.05, 0.1) is 13.2 Å². The summed E-state index contributed by atoms with van der Waals surface area (Å²) >= 11 is 0. The SMILES string of the molecule is CC/C=C\C/C=C\C/C=C\C/C=C\C/C=C\C/C=C\C/C=C\C/C=C\CCCCCCCCCCC(=O)OC(COC(=O)CCCCC/C=C\C/C=C\C/C=C\C/C=C\C/C=C\C/C=C\C/C=C\CC)COP(=O)(O)OCCN. The Morgan fingerprint density at radius 3 is 0.987 bits per heavy atom. The summed E-state index contributed by atoms with van der Waals surface area (Å²) in [6.45, 7) is 3.44. The fraction of sp³-hybridized carbons (Fsp3) is 0.536. The van der Waals surface area contributed by atoms with Crippen LogP contribution in [0.4, 0.5) is 0 Å². The molecular formula is C69H108NO8P. The third-order valence-electron chi connectivity index (χ3n) is 11.8. The first-order valence-electron chi connectivity index (χ1n) is 30.3. The fourth-order valence-electron chi connectivity index (χ4n) is 7.39. The summed E-state index contributed by atoms with van der Waals surface area (Å²) in [7, 11) is -4.42. The van der Waals surface area contributed by atoms with Crippen molar-refractivity contribution >= 4 is 19.8 Å². The third kappa shape index (κ3) is 62.2. The zero-order valence-electron chi connectivity index (χ0n) is 49.3. The summed E-state index contributed by atoms with van der Waals surface area (Å²) < 4.78 is 33.0. The number of rotatable bonds is 54. The molecule has 0 radical (unpaired) electrons. The largest absolute Gasteiger partial charge is 0.472 e. The standard InChI is InChI=1S/C69H108NO8P/c1-3-5-7-9-11-13-15-17-19-21-23-25-27-29-30-31-32-33-34-35-36-38-40-42-44-46-48-50-52-54-56-58-60-62-69(72)78-67(66-77-79(73,74)76-64-63-70)65-75-68(71)61-59-57-55-53-51-49-47-45-43-41-39-37-28-26-24-22-20-18-16-14-12-10-8-6-4-2/h5-8,11-14,17-20,23-26,29-30,32-33,35-37,39-40,42-43,45,49,51,67H,3-4,9-10,15-16,21-22,27-28,31,34,38,41,44,46-48,50,52-66,70H2,1-2H3,(H,73,74)/b7-5-,8-6-,13-11-,14-12-,19-17-,20-18-,25-23-,26-24-,30-29-,33-32-,36-35-,39-37-,42-40-,45-43-,51-49-. The Kier molecular flexibility index (Phi) is 58.5. The minimum absolute atomic E-state index is 0.0362. The van der Waals surface area contributed by atoms with Gasteiger partial charge < -0.3 is 20.1 Å². The summed E-state index contributed by atoms with van der Waals surface area (Å²) in [6, 6.07) is 0. The summed E-state index contributed by atoms with van der Waals surface area (Å²) in [6.07, 6.45) is 93.7. The quantitative estimate of drug-likeness (QED) is 0.0264. The molecule has 0 saturated carbocycles. The molecule has 0 spiro atoms. The van der Waals surface area contributed by atoms with Crippen molar-refractivity contribution in [2.75, 3.05) is 26.4 Å². The van der Waals surface area contributed by atoms with Crippen LogP contribution in [0, 0.1) is 0 Å². The molecule has 0 aliphatic rings. The van der Waals surface area contributed by atoms with Gasteiger partial charge in [0.1, 0.15) is 6.61 Å². The van der Waals surface area contributed by atoms with Gasteiger partial charge in [0.25, 0.3) is 0 Å². The number of carbonyl (C=O) groups excluding carboxylic acids is 2. The van der Waals surface area contributed by atoms with E-state index in [2.05, 4.69) is 196 Å². The van der Waals surface area contributed by atoms with Crippen molar-refractivity contribution in [3.8, 4) is 0 Å². The molecule has 0 heterocycles. The zero-order chi connectivity index (χ0) is 57.3. The van der Waals surface area contributed by atoms with Gasteiger partial charge >= 0.3 is 19.8 Å². The first-order chi connectivity index (χ1) is 38.8. The molecule has 0 aliphatic heterocycles. The molecule has 10 heteroatoms. The van der Waals surface area contributed by atoms with Gasteiger partial charge in [0.2, 0.25) is 0 Å². The number of phosphoric ester groups is 1. The number of allylic oxidation sites excluding steroid dienone is 30. The second-order valence-corrected chi connectivity index (χ2v) is 20.6. The van der Waals surface area contributed by atoms with Gasteiger partial charge in [-0.1, -0.05) is 241 Å². The van der Waals surface area contributed by atoms with Crippen LogP contribution < -0.4 is 5.73 Å². The Balaban J connectivity index is 4.12. The second kappa shape index (κ2) is 62.3. The van der Waals surface area contributed by atoms with Crippen LogP contribution in [0.3, 0.4) is 0 Å². The van der Waals surface area contributed by atoms with Crippen molar-refractivity contribution in [3.05, 3.63) is 182 Å². The van der Waals surface area contributed by atoms with E-state index in [9.17, 15) is 19.0 Å². The number of unbranched alkanes of at least 4 members (excludes halogenated alkanes) is 11. The number of carbonyl (C=O) groups is 2. The van der Waals surface area contributed by atoms with Gasteiger partial charge in [-0.05, 0) is 135 Å². The molecule has 2 atom stereocenters. The van der Waals surface area contributed by atoms with E-state index in [1.54, 1.807) is 0 Å². The fourth-order valence-corrected chi connectivity index (χ4v) is 8.16. The van der Waals surface area contributed by atoms with Crippen molar-refractivity contribution in [3.63, 3.8) is 0 Å². The molecule has 0 bridgehead atoms. The van der Waals surface area contributed by atoms with Crippen molar-refractivity contribution < 1.29 is 37.6 Å². The van der Waals surface area contributed by atoms with E-state index in [0.717, 1.165) is 141 Å². The maximum absolute atomic E-state index is 12.7. The van der Waals surface area contributed by atoms with Crippen LogP contribution in [0.25, 0.3) is 0 Å². The molecule has 0 aromatic carbocycles. The Morgan fingerprint density at radius 2 is 0.658 bits per heavy atom. The number of nitrogens with two attached hydrogens (primary N) is 1. The van der Waals surface area contributed by atoms with Gasteiger partial charge in [-0.3, -0.25) is 18.6 Å². The zero-order valence-corrected chi connectivity index (χ0v) is 50.2. The molecule has 0 fully saturated rings. The van der Waals surface area contributed by atoms with Crippen molar-refractivity contribution in [2.45, 2.75) is 213 Å². The maximum atomic E-state index is 12.7. The minimum atomic E-state index is -4.42. The van der Waals surface area contributed by atoms with Crippen molar-refractivity contribution in [2.24, 2.45) is 5.73 Å². The maximum Gasteiger partial charge on any atom is 0.472 e. The molecule has 0 amide bonds. The second-order valence-electron chi connectivity index (χ2n) is 19.1. The number of hydrogen-bond acceptors (Lipinski definition) is 8. The first kappa shape index (κ1) is 74.1. The lowest BCUT2D eigenvalue weighted by Crippen LogP contribution is -2.29. The molecule has 0 rings (SSSR count). The molecular weight excluding hydrogens is 1000 g/mol. The molecule has 0 saturated heterocycles. The summed E-state index contributed by atoms with van der Waals surface area (Å²) in [5.41, 5.74) is 5.38. The van der Waals surface area contributed by atoms with Crippen molar-refractivity contribution in [1.82, 2.24) is 0 Å². The van der Waals surface area contributed by atoms with Gasteiger partial charge in [-0.2, -0.15) is 0 Å². The van der Waals surface area contributed by atoms with Crippen LogP contribution in [0.2, 0.25) is 0 Å². The van der Waals surface area contributed by atoms with Gasteiger partial charge in [-0.15, -0.1) is 0 Å². The highest BCUT2D eigenvalue weighted by Crippen LogP contribution is 2.43. The smallest absolute Gasteiger partial charge is 0.462 e. The number of esters is 2. The molecule has 3 N–H and O–H groups in total. The van der Waals surface area contributed by atoms with E-state index in [1.165, 1.54) is 25.7 Å². The van der Waals surface area contributed by atoms with E-state index in [-0.39, 0.29) is 32.6 Å². The van der Waals surface area contributed by atoms with Gasteiger partial charge in [0, 0.05) is 19.4 Å². The highest BCUT2D eigenvalue weighted by Gasteiger charge is 2.26. The molecule has 0 aromatic rings. The number of phosphoric acid groups is 1. The van der Waals surface area contributed by atoms with Crippen LogP contribution in [0.5, 0.6) is 0 Å². The minimum Gasteiger partial charge on any atom is -0.462 e. The monoisotopic (exact) mass is 1110 g/mol. The molecule has 2 unspecified atom stereocenters. The molecule has 0 aromatic heterocycles. The van der Waals surface area contributed by atoms with Crippen LogP contribution in [-0.4, -0.2) is 49.3 Å². The lowest BCUT2D eigenvalue weighted by atomic mass is 10.1. The Hall–Kier alpha value is -4.89. The lowest BCUT2D eigenvalue weighted by Gasteiger charge is -2.19. The van der Waals surface area contributed by atoms with E-state index < -0.39 is 32.5 Å². The number of ether oxygens (including phenoxy) is 2. The van der Waals surface area contributed by atoms with Crippen LogP contribution in [-0.2, 0) is 32.7 Å². The molecule has 442 valence electrons. The first-order valence-corrected chi connectivity index (χ1v) is 31.8. The Morgan fingerprint density at radius 1 is 0.380 bits per heavy atom. The van der Waals surface area contributed by atoms with E-state index in [4.69, 9.17) is 24.3 Å². The third-order valence-corrected chi connectivity index (χ3v) is 12.8. The van der Waals surface area contributed by atoms with Gasteiger partial charge in [-0.25, -0.2) is 4.57 Å². The lowest BCUT2D eigenvalue weighted by molar-refractivity contribution is -0.161. The number of hydrogen-bond donors (Lipinski definition) is 2. The Labute approximate surface area is 482 Å². The average Bonchev–Trinajstić information content (AvgIpc) is 3.44. The van der Waals surface area contributed by atoms with Gasteiger partial charge in [0.15, 0.2) is 6.10 Å². The summed E-state index contributed by atoms with van der Waals surface area (Å²) in [4.78, 5) is 35.2. The van der Waals surface area contributed by atoms with Crippen LogP contribution in [0.15, 0.2) is 182 Å². The normalized spacial score (nSPS) is 14.3. The molecule has 0 aliphatic carbocycles. The van der Waals surface area contributed by atoms with E-state index >= 15 is 0 Å². The molecule has 79 heavy (non-hydrogen) atoms. The van der Waals surface area contributed by atoms with Crippen molar-refractivity contribution in [1.29, 1.82) is 0 Å². The topological polar surface area (TPSA) is 134 Å². The van der Waals surface area contributed by atoms with Crippen LogP contribution >= 0.6 is 7.82 Å². The molecule has 9 nitrogen and oxygen atoms in total. The summed E-state index contributed by atoms with van der Waals surface area (Å²) in [5, 5.41) is 0. The van der Waals surface area contributed by atoms with E-state index in [1.807, 2.05) is 0 Å². The predicted molar refractivity (Wildman–Crippen MR) is 339 cm³/mol. The van der Waals surface area contributed by atoms with E-state index in [0.29, 0.717) is 12.8 Å². The Bertz CT molecular complexity index is 1940. The average molecular weight is 1110 g/mol. The highest BCUT2D eigenvalue weighted by atomic mass is 31.2. The van der Waals surface area contributed by atoms with Crippen LogP contribution in [0.1, 0.15) is 206 Å². The highest BCUT2D eigenvalue weighted by molar-refractivity contribution is 7.47. The predicted octanol–water partition coefficient (Wildman–Crippen LogP) is 19.6.